The van der Waals surface area contributed by atoms with E-state index in [1.807, 2.05) is 0 Å². The smallest absolute Gasteiger partial charge is 0.0897 e. The van der Waals surface area contributed by atoms with Crippen molar-refractivity contribution < 1.29 is 9.84 Å². The Morgan fingerprint density at radius 3 is 2.50 bits per heavy atom. The minimum absolute atomic E-state index is 0.0619. The van der Waals surface area contributed by atoms with Crippen molar-refractivity contribution in [1.82, 2.24) is 5.32 Å². The molecular weight excluding hydrogens is 202 g/mol. The Kier molecular flexibility index (Phi) is 5.73. The summed E-state index contributed by atoms with van der Waals surface area (Å²) in [6.07, 6.45) is 4.91. The molecule has 0 aromatic carbocycles. The quantitative estimate of drug-likeness (QED) is 0.731. The van der Waals surface area contributed by atoms with Crippen LogP contribution in [-0.2, 0) is 4.74 Å². The first-order valence-corrected chi connectivity index (χ1v) is 6.48. The number of ether oxygens (including phenoxy) is 1. The Labute approximate surface area is 99.6 Å². The highest BCUT2D eigenvalue weighted by atomic mass is 16.5. The average Bonchev–Trinajstić information content (AvgIpc) is 2.66. The van der Waals surface area contributed by atoms with E-state index < -0.39 is 0 Å². The van der Waals surface area contributed by atoms with E-state index in [0.29, 0.717) is 13.2 Å². The van der Waals surface area contributed by atoms with Gasteiger partial charge in [-0.15, -0.1) is 0 Å². The van der Waals surface area contributed by atoms with Gasteiger partial charge in [0.1, 0.15) is 0 Å². The van der Waals surface area contributed by atoms with Crippen LogP contribution in [0.5, 0.6) is 0 Å². The standard InChI is InChI=1S/C13H27NO2/c1-13(2,3)14-8-12(15)10-16-9-11-6-4-5-7-11/h11-12,14-15H,4-10H2,1-3H3. The summed E-state index contributed by atoms with van der Waals surface area (Å²) in [5.41, 5.74) is 0.0619. The molecule has 0 bridgehead atoms. The van der Waals surface area contributed by atoms with Gasteiger partial charge >= 0.3 is 0 Å². The number of nitrogens with one attached hydrogen (secondary N) is 1. The number of rotatable bonds is 6. The van der Waals surface area contributed by atoms with E-state index in [9.17, 15) is 5.11 Å². The maximum absolute atomic E-state index is 9.70. The molecule has 1 unspecified atom stereocenters. The van der Waals surface area contributed by atoms with E-state index in [-0.39, 0.29) is 11.6 Å². The van der Waals surface area contributed by atoms with Gasteiger partial charge in [-0.05, 0) is 39.5 Å². The molecule has 1 aliphatic carbocycles. The van der Waals surface area contributed by atoms with Gasteiger partial charge in [0, 0.05) is 18.7 Å². The SMILES string of the molecule is CC(C)(C)NCC(O)COCC1CCCC1. The predicted octanol–water partition coefficient (Wildman–Crippen LogP) is 1.94. The Balaban J connectivity index is 1.99. The lowest BCUT2D eigenvalue weighted by Gasteiger charge is -2.23. The van der Waals surface area contributed by atoms with Crippen molar-refractivity contribution >= 4 is 0 Å². The summed E-state index contributed by atoms with van der Waals surface area (Å²) in [5.74, 6) is 0.739. The third-order valence-corrected chi connectivity index (χ3v) is 3.01. The van der Waals surface area contributed by atoms with Crippen LogP contribution in [0.1, 0.15) is 46.5 Å². The lowest BCUT2D eigenvalue weighted by atomic mass is 10.1. The van der Waals surface area contributed by atoms with Gasteiger partial charge in [0.15, 0.2) is 0 Å². The van der Waals surface area contributed by atoms with Crippen LogP contribution in [0.15, 0.2) is 0 Å². The van der Waals surface area contributed by atoms with Gasteiger partial charge in [-0.3, -0.25) is 0 Å². The molecule has 1 fully saturated rings. The molecule has 0 heterocycles. The molecule has 0 amide bonds. The Morgan fingerprint density at radius 2 is 1.94 bits per heavy atom. The number of hydrogen-bond donors (Lipinski definition) is 2. The van der Waals surface area contributed by atoms with Gasteiger partial charge in [0.05, 0.1) is 12.7 Å². The lowest BCUT2D eigenvalue weighted by molar-refractivity contribution is 0.0200. The molecule has 0 aromatic heterocycles. The summed E-state index contributed by atoms with van der Waals surface area (Å²) < 4.78 is 5.55. The molecule has 0 aromatic rings. The van der Waals surface area contributed by atoms with Crippen molar-refractivity contribution in [2.24, 2.45) is 5.92 Å². The summed E-state index contributed by atoms with van der Waals surface area (Å²) >= 11 is 0. The highest BCUT2D eigenvalue weighted by Crippen LogP contribution is 2.24. The van der Waals surface area contributed by atoms with Crippen molar-refractivity contribution in [2.75, 3.05) is 19.8 Å². The van der Waals surface area contributed by atoms with Gasteiger partial charge < -0.3 is 15.2 Å². The molecule has 2 N–H and O–H groups in total. The molecule has 0 radical (unpaired) electrons. The average molecular weight is 229 g/mol. The van der Waals surface area contributed by atoms with Gasteiger partial charge in [-0.1, -0.05) is 12.8 Å². The minimum Gasteiger partial charge on any atom is -0.389 e. The first kappa shape index (κ1) is 13.9. The van der Waals surface area contributed by atoms with Crippen LogP contribution < -0.4 is 5.32 Å². The fraction of sp³-hybridized carbons (Fsp3) is 1.00. The summed E-state index contributed by atoms with van der Waals surface area (Å²) in [7, 11) is 0. The molecule has 1 aliphatic rings. The fourth-order valence-electron chi connectivity index (χ4n) is 2.03. The predicted molar refractivity (Wildman–Crippen MR) is 66.5 cm³/mol. The number of β-amino-alcohol motifs (C(OH)–C–C–N with tert-alkyl or cyclic N) is 1. The van der Waals surface area contributed by atoms with Crippen molar-refractivity contribution in [3.63, 3.8) is 0 Å². The molecule has 0 aliphatic heterocycles. The summed E-state index contributed by atoms with van der Waals surface area (Å²) in [4.78, 5) is 0. The van der Waals surface area contributed by atoms with E-state index in [4.69, 9.17) is 4.74 Å². The maximum Gasteiger partial charge on any atom is 0.0897 e. The van der Waals surface area contributed by atoms with Crippen molar-refractivity contribution in [1.29, 1.82) is 0 Å². The third kappa shape index (κ3) is 6.46. The topological polar surface area (TPSA) is 41.5 Å². The number of aliphatic hydroxyl groups excluding tert-OH is 1. The largest absolute Gasteiger partial charge is 0.389 e. The van der Waals surface area contributed by atoms with Crippen LogP contribution >= 0.6 is 0 Å². The van der Waals surface area contributed by atoms with E-state index in [0.717, 1.165) is 12.5 Å². The number of aliphatic hydroxyl groups is 1. The Bertz CT molecular complexity index is 183. The lowest BCUT2D eigenvalue weighted by Crippen LogP contribution is -2.42. The fourth-order valence-corrected chi connectivity index (χ4v) is 2.03. The zero-order valence-corrected chi connectivity index (χ0v) is 11.0. The molecule has 3 heteroatoms. The summed E-state index contributed by atoms with van der Waals surface area (Å²) in [5, 5.41) is 13.0. The normalized spacial score (nSPS) is 20.2. The molecule has 1 atom stereocenters. The Hall–Kier alpha value is -0.120. The van der Waals surface area contributed by atoms with Crippen molar-refractivity contribution in [3.8, 4) is 0 Å². The number of hydrogen-bond acceptors (Lipinski definition) is 3. The van der Waals surface area contributed by atoms with Crippen LogP contribution in [0, 0.1) is 5.92 Å². The van der Waals surface area contributed by atoms with Gasteiger partial charge in [0.2, 0.25) is 0 Å². The monoisotopic (exact) mass is 229 g/mol. The Morgan fingerprint density at radius 1 is 1.31 bits per heavy atom. The molecule has 3 nitrogen and oxygen atoms in total. The molecule has 0 spiro atoms. The van der Waals surface area contributed by atoms with Crippen LogP contribution in [0.4, 0.5) is 0 Å². The molecule has 1 saturated carbocycles. The van der Waals surface area contributed by atoms with Gasteiger partial charge in [-0.25, -0.2) is 0 Å². The first-order valence-electron chi connectivity index (χ1n) is 6.48. The molecule has 16 heavy (non-hydrogen) atoms. The molecule has 96 valence electrons. The molecule has 0 saturated heterocycles. The van der Waals surface area contributed by atoms with E-state index in [1.165, 1.54) is 25.7 Å². The minimum atomic E-state index is -0.388. The van der Waals surface area contributed by atoms with Crippen LogP contribution in [-0.4, -0.2) is 36.5 Å². The van der Waals surface area contributed by atoms with E-state index in [1.54, 1.807) is 0 Å². The van der Waals surface area contributed by atoms with Gasteiger partial charge in [0.25, 0.3) is 0 Å². The first-order chi connectivity index (χ1) is 7.47. The second-order valence-corrected chi connectivity index (χ2v) is 5.97. The summed E-state index contributed by atoms with van der Waals surface area (Å²) in [6.45, 7) is 8.18. The second kappa shape index (κ2) is 6.58. The van der Waals surface area contributed by atoms with Crippen LogP contribution in [0.3, 0.4) is 0 Å². The van der Waals surface area contributed by atoms with E-state index in [2.05, 4.69) is 26.1 Å². The van der Waals surface area contributed by atoms with Crippen LogP contribution in [0.2, 0.25) is 0 Å². The van der Waals surface area contributed by atoms with Crippen LogP contribution in [0.25, 0.3) is 0 Å². The van der Waals surface area contributed by atoms with E-state index >= 15 is 0 Å². The highest BCUT2D eigenvalue weighted by molar-refractivity contribution is 4.73. The molecule has 1 rings (SSSR count). The van der Waals surface area contributed by atoms with Gasteiger partial charge in [-0.2, -0.15) is 0 Å². The second-order valence-electron chi connectivity index (χ2n) is 5.97. The zero-order valence-electron chi connectivity index (χ0n) is 11.0. The molecular formula is C13H27NO2. The van der Waals surface area contributed by atoms with Crippen molar-refractivity contribution in [3.05, 3.63) is 0 Å². The zero-order chi connectivity index (χ0) is 12.0. The maximum atomic E-state index is 9.70. The summed E-state index contributed by atoms with van der Waals surface area (Å²) in [6, 6.07) is 0. The third-order valence-electron chi connectivity index (χ3n) is 3.01. The highest BCUT2D eigenvalue weighted by Gasteiger charge is 2.16. The van der Waals surface area contributed by atoms with Crippen molar-refractivity contribution in [2.45, 2.75) is 58.1 Å².